The van der Waals surface area contributed by atoms with E-state index >= 15 is 0 Å². The van der Waals surface area contributed by atoms with Crippen LogP contribution in [0.4, 0.5) is 0 Å². The number of ketones is 1. The smallest absolute Gasteiger partial charge is 0.130 e. The average molecular weight is 144 g/mol. The van der Waals surface area contributed by atoms with Crippen LogP contribution in [0.25, 0.3) is 0 Å². The number of carbonyl (C=O) groups excluding carboxylic acids is 1. The predicted octanol–water partition coefficient (Wildman–Crippen LogP) is 3.04. The van der Waals surface area contributed by atoms with Crippen molar-refractivity contribution in [2.75, 3.05) is 0 Å². The van der Waals surface area contributed by atoms with Gasteiger partial charge in [-0.15, -0.1) is 0 Å². The fraction of sp³-hybridized carbons (Fsp3) is 0.889. The molecule has 0 aromatic heterocycles. The molecule has 0 saturated carbocycles. The van der Waals surface area contributed by atoms with E-state index in [1.54, 1.807) is 6.92 Å². The predicted molar refractivity (Wildman–Crippen MR) is 46.1 cm³/mol. The van der Waals surface area contributed by atoms with Gasteiger partial charge in [0.05, 0.1) is 0 Å². The summed E-state index contributed by atoms with van der Waals surface area (Å²) in [4.78, 5) is 10.3. The molecule has 0 aliphatic carbocycles. The number of rotatable bonds is 2. The van der Waals surface area contributed by atoms with Gasteiger partial charge in [-0.2, -0.15) is 0 Å². The van der Waals surface area contributed by atoms with Crippen molar-refractivity contribution in [3.05, 3.63) is 0 Å². The summed E-state index contributed by atoms with van der Waals surface area (Å²) in [7, 11) is 0. The van der Waals surface area contributed by atoms with Gasteiger partial charge in [-0.3, -0.25) is 0 Å². The molecule has 0 aliphatic heterocycles. The Labute approximate surface area is 64.8 Å². The van der Waals surface area contributed by atoms with Crippen molar-refractivity contribution in [2.24, 2.45) is 5.92 Å². The van der Waals surface area contributed by atoms with Crippen LogP contribution in [-0.4, -0.2) is 5.78 Å². The third-order valence-corrected chi connectivity index (χ3v) is 0.696. The van der Waals surface area contributed by atoms with Crippen molar-refractivity contribution in [3.63, 3.8) is 0 Å². The second-order valence-corrected chi connectivity index (χ2v) is 3.01. The molecule has 0 N–H and O–H groups in total. The number of hydrogen-bond donors (Lipinski definition) is 0. The highest BCUT2D eigenvalue weighted by atomic mass is 16.1. The van der Waals surface area contributed by atoms with Crippen LogP contribution in [0, 0.1) is 5.92 Å². The Kier molecular flexibility index (Phi) is 10.7. The van der Waals surface area contributed by atoms with Crippen molar-refractivity contribution < 1.29 is 4.79 Å². The molecule has 1 nitrogen and oxygen atoms in total. The molecule has 10 heavy (non-hydrogen) atoms. The molecule has 0 aromatic rings. The van der Waals surface area contributed by atoms with E-state index < -0.39 is 0 Å². The van der Waals surface area contributed by atoms with E-state index in [1.165, 1.54) is 6.42 Å². The van der Waals surface area contributed by atoms with Gasteiger partial charge in [0.25, 0.3) is 0 Å². The molecule has 0 amide bonds. The van der Waals surface area contributed by atoms with Gasteiger partial charge in [-0.25, -0.2) is 0 Å². The highest BCUT2D eigenvalue weighted by Gasteiger charge is 1.95. The zero-order chi connectivity index (χ0) is 8.57. The minimum Gasteiger partial charge on any atom is -0.300 e. The van der Waals surface area contributed by atoms with Crippen molar-refractivity contribution >= 4 is 5.78 Å². The Balaban J connectivity index is 0. The van der Waals surface area contributed by atoms with Crippen LogP contribution in [0.15, 0.2) is 0 Å². The molecular formula is C9H20O. The fourth-order valence-electron chi connectivity index (χ4n) is 0.575. The fourth-order valence-corrected chi connectivity index (χ4v) is 0.575. The Morgan fingerprint density at radius 1 is 1.30 bits per heavy atom. The van der Waals surface area contributed by atoms with Crippen LogP contribution in [0.2, 0.25) is 0 Å². The van der Waals surface area contributed by atoms with E-state index in [2.05, 4.69) is 13.8 Å². The van der Waals surface area contributed by atoms with Gasteiger partial charge < -0.3 is 4.79 Å². The van der Waals surface area contributed by atoms with E-state index in [9.17, 15) is 4.79 Å². The highest BCUT2D eigenvalue weighted by Crippen LogP contribution is 1.97. The van der Waals surface area contributed by atoms with E-state index in [0.717, 1.165) is 6.42 Å². The molecule has 0 saturated heterocycles. The van der Waals surface area contributed by atoms with Gasteiger partial charge in [-0.1, -0.05) is 34.1 Å². The third-order valence-electron chi connectivity index (χ3n) is 0.696. The van der Waals surface area contributed by atoms with Crippen LogP contribution < -0.4 is 0 Å². The third kappa shape index (κ3) is 25.3. The molecule has 0 aliphatic rings. The summed E-state index contributed by atoms with van der Waals surface area (Å²) in [5.41, 5.74) is 0. The molecule has 0 rings (SSSR count). The van der Waals surface area contributed by atoms with E-state index in [-0.39, 0.29) is 5.78 Å². The Morgan fingerprint density at radius 3 is 1.60 bits per heavy atom. The lowest BCUT2D eigenvalue weighted by Crippen LogP contribution is -1.95. The normalized spacial score (nSPS) is 8.60. The van der Waals surface area contributed by atoms with Crippen LogP contribution in [0.3, 0.4) is 0 Å². The molecule has 0 bridgehead atoms. The lowest BCUT2D eigenvalue weighted by molar-refractivity contribution is -0.117. The summed E-state index contributed by atoms with van der Waals surface area (Å²) < 4.78 is 0. The second-order valence-electron chi connectivity index (χ2n) is 3.01. The molecule has 0 heterocycles. The van der Waals surface area contributed by atoms with Gasteiger partial charge in [0.1, 0.15) is 5.78 Å². The van der Waals surface area contributed by atoms with Crippen molar-refractivity contribution in [2.45, 2.75) is 47.5 Å². The second kappa shape index (κ2) is 8.67. The molecule has 0 spiro atoms. The molecule has 0 aromatic carbocycles. The monoisotopic (exact) mass is 144 g/mol. The molecule has 0 unspecified atom stereocenters. The van der Waals surface area contributed by atoms with Crippen LogP contribution >= 0.6 is 0 Å². The number of Topliss-reactive ketones (excluding diaryl/α,β-unsaturated/α-hetero) is 1. The average Bonchev–Trinajstić information content (AvgIpc) is 1.62. The minimum atomic E-state index is 0.287. The molecular weight excluding hydrogens is 124 g/mol. The lowest BCUT2D eigenvalue weighted by Gasteiger charge is -1.95. The van der Waals surface area contributed by atoms with Gasteiger partial charge in [-0.05, 0) is 12.8 Å². The Hall–Kier alpha value is -0.330. The lowest BCUT2D eigenvalue weighted by atomic mass is 10.1. The first-order valence-electron chi connectivity index (χ1n) is 4.03. The van der Waals surface area contributed by atoms with Gasteiger partial charge in [0.15, 0.2) is 0 Å². The first-order valence-corrected chi connectivity index (χ1v) is 4.03. The Bertz CT molecular complexity index is 74.8. The first-order chi connectivity index (χ1) is 4.54. The maximum atomic E-state index is 10.3. The summed E-state index contributed by atoms with van der Waals surface area (Å²) in [6, 6.07) is 0. The van der Waals surface area contributed by atoms with Crippen molar-refractivity contribution in [3.8, 4) is 0 Å². The largest absolute Gasteiger partial charge is 0.300 e. The van der Waals surface area contributed by atoms with Crippen LogP contribution in [0.5, 0.6) is 0 Å². The standard InChI is InChI=1S/C6H12O.C3H8/c1-5(2)4-6(3)7;1-3-2/h5H,4H2,1-3H3;3H2,1-2H3. The Morgan fingerprint density at radius 2 is 1.60 bits per heavy atom. The summed E-state index contributed by atoms with van der Waals surface area (Å²) in [6.07, 6.45) is 1.97. The SMILES string of the molecule is CC(=O)CC(C)C.CCC. The van der Waals surface area contributed by atoms with Crippen molar-refractivity contribution in [1.82, 2.24) is 0 Å². The van der Waals surface area contributed by atoms with E-state index in [1.807, 2.05) is 13.8 Å². The van der Waals surface area contributed by atoms with Gasteiger partial charge >= 0.3 is 0 Å². The summed E-state index contributed by atoms with van der Waals surface area (Å²) in [5, 5.41) is 0. The van der Waals surface area contributed by atoms with E-state index in [0.29, 0.717) is 5.92 Å². The molecule has 0 atom stereocenters. The number of carbonyl (C=O) groups is 1. The summed E-state index contributed by atoms with van der Waals surface area (Å²) in [6.45, 7) is 9.96. The zero-order valence-corrected chi connectivity index (χ0v) is 7.90. The van der Waals surface area contributed by atoms with Crippen LogP contribution in [-0.2, 0) is 4.79 Å². The molecule has 62 valence electrons. The van der Waals surface area contributed by atoms with E-state index in [4.69, 9.17) is 0 Å². The molecule has 0 radical (unpaired) electrons. The molecule has 0 fully saturated rings. The van der Waals surface area contributed by atoms with Gasteiger partial charge in [0.2, 0.25) is 0 Å². The molecule has 1 heteroatoms. The van der Waals surface area contributed by atoms with Gasteiger partial charge in [0, 0.05) is 6.42 Å². The zero-order valence-electron chi connectivity index (χ0n) is 7.90. The van der Waals surface area contributed by atoms with Crippen LogP contribution in [0.1, 0.15) is 47.5 Å². The summed E-state index contributed by atoms with van der Waals surface area (Å²) in [5.74, 6) is 0.813. The quantitative estimate of drug-likeness (QED) is 0.582. The van der Waals surface area contributed by atoms with Crippen molar-refractivity contribution in [1.29, 1.82) is 0 Å². The first kappa shape index (κ1) is 12.4. The number of hydrogen-bond acceptors (Lipinski definition) is 1. The summed E-state index contributed by atoms with van der Waals surface area (Å²) >= 11 is 0. The minimum absolute atomic E-state index is 0.287. The highest BCUT2D eigenvalue weighted by molar-refractivity contribution is 5.75. The maximum absolute atomic E-state index is 10.3. The topological polar surface area (TPSA) is 17.1 Å². The maximum Gasteiger partial charge on any atom is 0.130 e.